The molecule has 0 fully saturated rings. The lowest BCUT2D eigenvalue weighted by Gasteiger charge is -2.39. The second-order valence-corrected chi connectivity index (χ2v) is 7.18. The Morgan fingerprint density at radius 3 is 1.87 bits per heavy atom. The zero-order chi connectivity index (χ0) is 17.8. The lowest BCUT2D eigenvalue weighted by molar-refractivity contribution is -0.369. The minimum absolute atomic E-state index is 0.0835. The van der Waals surface area contributed by atoms with E-state index in [1.165, 1.54) is 14.2 Å². The van der Waals surface area contributed by atoms with Gasteiger partial charge in [-0.2, -0.15) is 0 Å². The molecular weight excluding hydrogens is 320 g/mol. The molecular formula is C14H34N2O6Si. The van der Waals surface area contributed by atoms with E-state index in [-0.39, 0.29) is 5.92 Å². The van der Waals surface area contributed by atoms with Gasteiger partial charge < -0.3 is 34.2 Å². The quantitative estimate of drug-likeness (QED) is 0.329. The van der Waals surface area contributed by atoms with Crippen molar-refractivity contribution in [2.24, 2.45) is 17.4 Å². The Kier molecular flexibility index (Phi) is 12.2. The van der Waals surface area contributed by atoms with Gasteiger partial charge in [0.15, 0.2) is 0 Å². The van der Waals surface area contributed by atoms with Crippen molar-refractivity contribution in [2.75, 3.05) is 47.1 Å². The highest BCUT2D eigenvalue weighted by Crippen LogP contribution is 2.30. The molecule has 0 aliphatic heterocycles. The zero-order valence-electron chi connectivity index (χ0n) is 15.1. The molecule has 0 bridgehead atoms. The SMILES string of the molecule is CCOC(CC(CN)CCN)(OCC)O[Si](OC)(OC)OCC. The van der Waals surface area contributed by atoms with Crippen molar-refractivity contribution in [2.45, 2.75) is 39.6 Å². The van der Waals surface area contributed by atoms with Crippen molar-refractivity contribution in [1.29, 1.82) is 0 Å². The van der Waals surface area contributed by atoms with Gasteiger partial charge in [0.25, 0.3) is 5.97 Å². The molecule has 0 amide bonds. The molecule has 0 aromatic rings. The fourth-order valence-corrected chi connectivity index (χ4v) is 3.84. The molecule has 8 nitrogen and oxygen atoms in total. The normalized spacial score (nSPS) is 14.2. The van der Waals surface area contributed by atoms with E-state index in [0.29, 0.717) is 39.3 Å². The van der Waals surface area contributed by atoms with Crippen LogP contribution in [0.25, 0.3) is 0 Å². The summed E-state index contributed by atoms with van der Waals surface area (Å²) in [6.07, 6.45) is 1.15. The molecule has 9 heteroatoms. The maximum atomic E-state index is 6.06. The van der Waals surface area contributed by atoms with Crippen LogP contribution in [0.2, 0.25) is 0 Å². The van der Waals surface area contributed by atoms with Crippen LogP contribution in [0.4, 0.5) is 0 Å². The molecule has 0 saturated heterocycles. The minimum atomic E-state index is -3.38. The summed E-state index contributed by atoms with van der Waals surface area (Å²) >= 11 is 0. The van der Waals surface area contributed by atoms with Crippen LogP contribution in [-0.2, 0) is 27.2 Å². The molecule has 1 unspecified atom stereocenters. The maximum absolute atomic E-state index is 6.06. The van der Waals surface area contributed by atoms with E-state index >= 15 is 0 Å². The molecule has 4 N–H and O–H groups in total. The third-order valence-corrected chi connectivity index (χ3v) is 5.48. The summed E-state index contributed by atoms with van der Waals surface area (Å²) in [5.41, 5.74) is 11.5. The number of hydrogen-bond donors (Lipinski definition) is 2. The Hall–Kier alpha value is -0.103. The van der Waals surface area contributed by atoms with E-state index in [9.17, 15) is 0 Å². The average Bonchev–Trinajstić information content (AvgIpc) is 2.54. The van der Waals surface area contributed by atoms with Gasteiger partial charge in [0.2, 0.25) is 0 Å². The van der Waals surface area contributed by atoms with Gasteiger partial charge in [-0.05, 0) is 46.2 Å². The smallest absolute Gasteiger partial charge is 0.354 e. The summed E-state index contributed by atoms with van der Waals surface area (Å²) in [6.45, 7) is 7.70. The Morgan fingerprint density at radius 1 is 0.957 bits per heavy atom. The molecule has 0 spiro atoms. The molecule has 0 aromatic carbocycles. The fourth-order valence-electron chi connectivity index (χ4n) is 2.27. The predicted molar refractivity (Wildman–Crippen MR) is 89.3 cm³/mol. The molecule has 0 aromatic heterocycles. The lowest BCUT2D eigenvalue weighted by atomic mass is 10.0. The van der Waals surface area contributed by atoms with Crippen LogP contribution in [0.3, 0.4) is 0 Å². The largest absolute Gasteiger partial charge is 0.683 e. The van der Waals surface area contributed by atoms with Gasteiger partial charge in [-0.15, -0.1) is 0 Å². The molecule has 0 heterocycles. The van der Waals surface area contributed by atoms with Gasteiger partial charge in [-0.25, -0.2) is 0 Å². The predicted octanol–water partition coefficient (Wildman–Crippen LogP) is 0.809. The first kappa shape index (κ1) is 22.9. The molecule has 0 aliphatic carbocycles. The molecule has 0 aliphatic rings. The number of hydrogen-bond acceptors (Lipinski definition) is 8. The first-order valence-electron chi connectivity index (χ1n) is 8.13. The Labute approximate surface area is 141 Å². The van der Waals surface area contributed by atoms with Crippen molar-refractivity contribution in [3.05, 3.63) is 0 Å². The monoisotopic (exact) mass is 354 g/mol. The van der Waals surface area contributed by atoms with Crippen LogP contribution < -0.4 is 11.5 Å². The lowest BCUT2D eigenvalue weighted by Crippen LogP contribution is -2.57. The van der Waals surface area contributed by atoms with Gasteiger partial charge in [-0.1, -0.05) is 0 Å². The van der Waals surface area contributed by atoms with Crippen LogP contribution in [-0.4, -0.2) is 62.2 Å². The van der Waals surface area contributed by atoms with Crippen molar-refractivity contribution in [3.8, 4) is 0 Å². The van der Waals surface area contributed by atoms with E-state index in [1.807, 2.05) is 20.8 Å². The number of nitrogens with two attached hydrogens (primary N) is 2. The van der Waals surface area contributed by atoms with Gasteiger partial charge >= 0.3 is 9.05 Å². The topological polar surface area (TPSA) is 107 Å². The van der Waals surface area contributed by atoms with E-state index < -0.39 is 15.0 Å². The van der Waals surface area contributed by atoms with Gasteiger partial charge in [0.05, 0.1) is 0 Å². The first-order chi connectivity index (χ1) is 11.0. The average molecular weight is 355 g/mol. The van der Waals surface area contributed by atoms with E-state index in [4.69, 9.17) is 38.6 Å². The minimum Gasteiger partial charge on any atom is -0.354 e. The molecule has 1 atom stereocenters. The summed E-state index contributed by atoms with van der Waals surface area (Å²) < 4.78 is 34.1. The summed E-state index contributed by atoms with van der Waals surface area (Å²) in [4.78, 5) is 0. The third kappa shape index (κ3) is 7.54. The summed E-state index contributed by atoms with van der Waals surface area (Å²) in [5.74, 6) is -1.25. The number of rotatable bonds is 15. The van der Waals surface area contributed by atoms with Crippen molar-refractivity contribution in [3.63, 3.8) is 0 Å². The van der Waals surface area contributed by atoms with Crippen LogP contribution >= 0.6 is 0 Å². The maximum Gasteiger partial charge on any atom is 0.683 e. The first-order valence-corrected chi connectivity index (χ1v) is 9.76. The van der Waals surface area contributed by atoms with Gasteiger partial charge in [-0.3, -0.25) is 4.43 Å². The van der Waals surface area contributed by atoms with Crippen LogP contribution in [0.5, 0.6) is 0 Å². The van der Waals surface area contributed by atoms with Crippen molar-refractivity contribution >= 4 is 9.05 Å². The molecule has 23 heavy (non-hydrogen) atoms. The van der Waals surface area contributed by atoms with Crippen molar-refractivity contribution < 1.29 is 27.2 Å². The molecule has 0 saturated carbocycles. The Morgan fingerprint density at radius 2 is 1.52 bits per heavy atom. The van der Waals surface area contributed by atoms with E-state index in [1.54, 1.807) is 0 Å². The third-order valence-electron chi connectivity index (χ3n) is 3.28. The summed E-state index contributed by atoms with van der Waals surface area (Å²) in [6, 6.07) is 0. The van der Waals surface area contributed by atoms with Crippen LogP contribution in [0.1, 0.15) is 33.6 Å². The highest BCUT2D eigenvalue weighted by atomic mass is 28.4. The highest BCUT2D eigenvalue weighted by molar-refractivity contribution is 6.53. The highest BCUT2D eigenvalue weighted by Gasteiger charge is 2.53. The van der Waals surface area contributed by atoms with Gasteiger partial charge in [0.1, 0.15) is 0 Å². The zero-order valence-corrected chi connectivity index (χ0v) is 16.1. The molecule has 0 radical (unpaired) electrons. The fraction of sp³-hybridized carbons (Fsp3) is 1.00. The second-order valence-electron chi connectivity index (χ2n) is 4.88. The number of ether oxygens (including phenoxy) is 2. The van der Waals surface area contributed by atoms with Gasteiger partial charge in [0, 0.05) is 40.5 Å². The Balaban J connectivity index is 5.43. The van der Waals surface area contributed by atoms with E-state index in [0.717, 1.165) is 6.42 Å². The summed E-state index contributed by atoms with van der Waals surface area (Å²) in [5, 5.41) is 0. The van der Waals surface area contributed by atoms with Crippen molar-refractivity contribution in [1.82, 2.24) is 0 Å². The summed E-state index contributed by atoms with van der Waals surface area (Å²) in [7, 11) is -0.417. The van der Waals surface area contributed by atoms with E-state index in [2.05, 4.69) is 0 Å². The standard InChI is InChI=1S/C14H34N2O6Si/c1-6-19-14(20-7-2,11-13(12-16)9-10-15)22-23(17-4,18-5)21-8-3/h13H,6-12,15-16H2,1-5H3. The van der Waals surface area contributed by atoms with Crippen LogP contribution in [0, 0.1) is 5.92 Å². The second kappa shape index (κ2) is 12.3. The van der Waals surface area contributed by atoms with Crippen LogP contribution in [0.15, 0.2) is 0 Å². The molecule has 0 rings (SSSR count). The Bertz CT molecular complexity index is 288. The molecule has 140 valence electrons.